The van der Waals surface area contributed by atoms with E-state index in [0.29, 0.717) is 24.2 Å². The number of alkyl halides is 1. The molecule has 0 bridgehead atoms. The molecule has 6 aliphatic rings. The summed E-state index contributed by atoms with van der Waals surface area (Å²) in [6.07, 6.45) is 6.06. The molecule has 0 N–H and O–H groups in total. The molecule has 0 radical (unpaired) electrons. The molecular weight excluding hydrogens is 408 g/mol. The largest absolute Gasteiger partial charge is 0.462 e. The van der Waals surface area contributed by atoms with E-state index in [0.717, 1.165) is 38.5 Å². The van der Waals surface area contributed by atoms with Crippen molar-refractivity contribution in [1.29, 1.82) is 0 Å². The Kier molecular flexibility index (Phi) is 3.66. The van der Waals surface area contributed by atoms with E-state index in [1.165, 1.54) is 13.8 Å². The second-order valence-corrected chi connectivity index (χ2v) is 11.8. The summed E-state index contributed by atoms with van der Waals surface area (Å²) in [6.45, 7) is 7.54. The maximum atomic E-state index is 12.2. The summed E-state index contributed by atoms with van der Waals surface area (Å²) < 4.78 is 23.8. The number of hydrogen-bond donors (Lipinski definition) is 0. The number of carbonyl (C=O) groups excluding carboxylic acids is 2. The van der Waals surface area contributed by atoms with Gasteiger partial charge < -0.3 is 18.9 Å². The molecule has 0 spiro atoms. The van der Waals surface area contributed by atoms with Gasteiger partial charge in [-0.15, -0.1) is 11.6 Å². The van der Waals surface area contributed by atoms with E-state index in [9.17, 15) is 9.59 Å². The Hall–Kier alpha value is -0.850. The third kappa shape index (κ3) is 2.14. The minimum atomic E-state index is -0.764. The first-order valence-corrected chi connectivity index (χ1v) is 11.9. The fourth-order valence-corrected chi connectivity index (χ4v) is 9.23. The van der Waals surface area contributed by atoms with Crippen LogP contribution in [0.5, 0.6) is 0 Å². The van der Waals surface area contributed by atoms with Gasteiger partial charge in [0.1, 0.15) is 11.7 Å². The van der Waals surface area contributed by atoms with Gasteiger partial charge in [-0.25, -0.2) is 0 Å². The number of ether oxygens (including phenoxy) is 4. The lowest BCUT2D eigenvalue weighted by molar-refractivity contribution is -0.222. The van der Waals surface area contributed by atoms with Crippen LogP contribution in [0.25, 0.3) is 0 Å². The lowest BCUT2D eigenvalue weighted by Crippen LogP contribution is -2.68. The predicted octanol–water partition coefficient (Wildman–Crippen LogP) is 3.93. The highest BCUT2D eigenvalue weighted by molar-refractivity contribution is 6.21. The third-order valence-corrected chi connectivity index (χ3v) is 10.5. The van der Waals surface area contributed by atoms with Crippen LogP contribution in [0.15, 0.2) is 0 Å². The zero-order valence-corrected chi connectivity index (χ0v) is 18.9. The summed E-state index contributed by atoms with van der Waals surface area (Å²) in [5.41, 5.74) is -1.07. The number of epoxide rings is 2. The summed E-state index contributed by atoms with van der Waals surface area (Å²) in [6, 6.07) is 0. The second kappa shape index (κ2) is 5.55. The van der Waals surface area contributed by atoms with Crippen molar-refractivity contribution in [3.8, 4) is 0 Å². The highest BCUT2D eigenvalue weighted by Gasteiger charge is 2.97. The first-order valence-electron chi connectivity index (χ1n) is 11.4. The van der Waals surface area contributed by atoms with E-state index in [-0.39, 0.29) is 34.2 Å². The molecule has 0 aromatic carbocycles. The fraction of sp³-hybridized carbons (Fsp3) is 0.913. The molecule has 6 rings (SSSR count). The molecular formula is C23H31ClO6. The zero-order valence-electron chi connectivity index (χ0n) is 18.2. The first-order chi connectivity index (χ1) is 14.0. The van der Waals surface area contributed by atoms with Crippen LogP contribution in [0.2, 0.25) is 0 Å². The summed E-state index contributed by atoms with van der Waals surface area (Å²) >= 11 is 7.15. The van der Waals surface area contributed by atoms with Crippen molar-refractivity contribution in [3.05, 3.63) is 0 Å². The van der Waals surface area contributed by atoms with Gasteiger partial charge in [-0.05, 0) is 49.9 Å². The zero-order chi connectivity index (χ0) is 21.3. The van der Waals surface area contributed by atoms with Gasteiger partial charge in [0.05, 0.1) is 5.38 Å². The Morgan fingerprint density at radius 2 is 1.67 bits per heavy atom. The minimum Gasteiger partial charge on any atom is -0.462 e. The maximum absolute atomic E-state index is 12.2. The summed E-state index contributed by atoms with van der Waals surface area (Å²) in [5.74, 6) is -0.267. The van der Waals surface area contributed by atoms with Gasteiger partial charge in [-0.2, -0.15) is 0 Å². The highest BCUT2D eigenvalue weighted by atomic mass is 35.5. The van der Waals surface area contributed by atoms with E-state index < -0.39 is 17.2 Å². The fourth-order valence-electron chi connectivity index (χ4n) is 8.65. The Labute approximate surface area is 182 Å². The van der Waals surface area contributed by atoms with Gasteiger partial charge in [0, 0.05) is 37.5 Å². The van der Waals surface area contributed by atoms with Crippen molar-refractivity contribution in [2.24, 2.45) is 28.6 Å². The smallest absolute Gasteiger partial charge is 0.303 e. The second-order valence-electron chi connectivity index (χ2n) is 11.3. The third-order valence-electron chi connectivity index (χ3n) is 10.0. The Morgan fingerprint density at radius 1 is 0.967 bits per heavy atom. The van der Waals surface area contributed by atoms with Crippen LogP contribution in [0.4, 0.5) is 0 Å². The number of esters is 2. The van der Waals surface area contributed by atoms with Gasteiger partial charge in [0.15, 0.2) is 0 Å². The Morgan fingerprint density at radius 3 is 2.33 bits per heavy atom. The summed E-state index contributed by atoms with van der Waals surface area (Å²) in [5, 5.41) is -0.288. The maximum Gasteiger partial charge on any atom is 0.303 e. The van der Waals surface area contributed by atoms with Crippen LogP contribution in [-0.2, 0) is 28.5 Å². The number of fused-ring (bicyclic) bond motifs is 5. The van der Waals surface area contributed by atoms with E-state index >= 15 is 0 Å². The number of carbonyl (C=O) groups is 2. The van der Waals surface area contributed by atoms with E-state index in [1.807, 2.05) is 0 Å². The molecule has 30 heavy (non-hydrogen) atoms. The van der Waals surface area contributed by atoms with Crippen LogP contribution >= 0.6 is 11.6 Å². The molecule has 2 heterocycles. The molecule has 0 aromatic rings. The molecule has 8 atom stereocenters. The lowest BCUT2D eigenvalue weighted by atomic mass is 9.43. The Bertz CT molecular complexity index is 838. The van der Waals surface area contributed by atoms with Gasteiger partial charge in [0.25, 0.3) is 0 Å². The number of rotatable bonds is 2. The normalized spacial score (nSPS) is 59.6. The first kappa shape index (κ1) is 19.8. The molecule has 4 aliphatic carbocycles. The molecule has 7 heteroatoms. The van der Waals surface area contributed by atoms with Crippen molar-refractivity contribution in [3.63, 3.8) is 0 Å². The SMILES string of the molecule is CC(=O)O[C@@H]1CC[C@H]2[C@@H]3C[C@@H](Cl)[C@@]4(OC(C)=O)CC56OC5(C[C@]4(C)[C@H]3CC[C@]12C)O6. The molecule has 0 amide bonds. The molecule has 0 unspecified atom stereocenters. The minimum absolute atomic E-state index is 0.00981. The van der Waals surface area contributed by atoms with Crippen LogP contribution in [0, 0.1) is 28.6 Å². The topological polar surface area (TPSA) is 77.7 Å². The van der Waals surface area contributed by atoms with E-state index in [2.05, 4.69) is 13.8 Å². The van der Waals surface area contributed by atoms with Gasteiger partial charge in [0.2, 0.25) is 11.6 Å². The molecule has 4 saturated carbocycles. The molecule has 2 saturated heterocycles. The summed E-state index contributed by atoms with van der Waals surface area (Å²) in [4.78, 5) is 23.9. The van der Waals surface area contributed by atoms with Gasteiger partial charge >= 0.3 is 11.9 Å². The van der Waals surface area contributed by atoms with E-state index in [4.69, 9.17) is 30.5 Å². The average molecular weight is 439 g/mol. The van der Waals surface area contributed by atoms with Gasteiger partial charge in [-0.1, -0.05) is 13.8 Å². The van der Waals surface area contributed by atoms with Crippen LogP contribution < -0.4 is 0 Å². The van der Waals surface area contributed by atoms with Crippen LogP contribution in [-0.4, -0.2) is 40.6 Å². The molecule has 6 nitrogen and oxygen atoms in total. The van der Waals surface area contributed by atoms with Crippen molar-refractivity contribution >= 4 is 23.5 Å². The van der Waals surface area contributed by atoms with Gasteiger partial charge in [-0.3, -0.25) is 9.59 Å². The predicted molar refractivity (Wildman–Crippen MR) is 106 cm³/mol. The van der Waals surface area contributed by atoms with Crippen molar-refractivity contribution in [2.45, 2.75) is 101 Å². The Balaban J connectivity index is 1.38. The van der Waals surface area contributed by atoms with E-state index in [1.54, 1.807) is 0 Å². The summed E-state index contributed by atoms with van der Waals surface area (Å²) in [7, 11) is 0. The number of hydrogen-bond acceptors (Lipinski definition) is 6. The monoisotopic (exact) mass is 438 g/mol. The van der Waals surface area contributed by atoms with Crippen molar-refractivity contribution < 1.29 is 28.5 Å². The molecule has 6 fully saturated rings. The van der Waals surface area contributed by atoms with Crippen molar-refractivity contribution in [2.75, 3.05) is 0 Å². The molecule has 166 valence electrons. The number of halogens is 1. The van der Waals surface area contributed by atoms with Crippen LogP contribution in [0.3, 0.4) is 0 Å². The standard InChI is InChI=1S/C23H31ClO6/c1-12(25)27-18-6-5-15-14-9-17(24)21(28-13(2)26)11-23-22(29-23,30-23)10-20(21,4)16(14)7-8-19(15,18)3/h14-18H,5-11H2,1-4H3/t14-,15-,16-,17+,18+,19-,20+,21-,22?,23?/m0/s1. The highest BCUT2D eigenvalue weighted by Crippen LogP contribution is 2.83. The lowest BCUT2D eigenvalue weighted by Gasteiger charge is -2.64. The van der Waals surface area contributed by atoms with Crippen LogP contribution in [0.1, 0.15) is 72.6 Å². The average Bonchev–Trinajstić information content (AvgIpc) is 3.37. The van der Waals surface area contributed by atoms with Crippen molar-refractivity contribution in [1.82, 2.24) is 0 Å². The molecule has 2 aliphatic heterocycles. The quantitative estimate of drug-likeness (QED) is 0.369. The molecule has 0 aromatic heterocycles.